The van der Waals surface area contributed by atoms with Gasteiger partial charge in [0.1, 0.15) is 25.0 Å². The number of aromatic amines is 1. The van der Waals surface area contributed by atoms with Gasteiger partial charge in [0.2, 0.25) is 5.91 Å². The zero-order valence-electron chi connectivity index (χ0n) is 13.9. The lowest BCUT2D eigenvalue weighted by molar-refractivity contribution is -0.722. The van der Waals surface area contributed by atoms with Gasteiger partial charge < -0.3 is 25.9 Å². The van der Waals surface area contributed by atoms with Gasteiger partial charge in [-0.3, -0.25) is 4.79 Å². The van der Waals surface area contributed by atoms with Gasteiger partial charge in [0.05, 0.1) is 12.0 Å². The van der Waals surface area contributed by atoms with Gasteiger partial charge in [0.15, 0.2) is 0 Å². The maximum atomic E-state index is 11.2. The summed E-state index contributed by atoms with van der Waals surface area (Å²) in [5, 5.41) is 13.0. The Hall–Kier alpha value is -2.05. The zero-order valence-corrected chi connectivity index (χ0v) is 13.9. The normalized spacial score (nSPS) is 13.2. The molecule has 0 aliphatic carbocycles. The number of hydrogen-bond acceptors (Lipinski definition) is 3. The summed E-state index contributed by atoms with van der Waals surface area (Å²) in [5.74, 6) is 0.260. The molecule has 0 aliphatic heterocycles. The molecule has 0 bridgehead atoms. The van der Waals surface area contributed by atoms with E-state index in [-0.39, 0.29) is 24.5 Å². The number of ether oxygens (including phenoxy) is 1. The molecule has 23 heavy (non-hydrogen) atoms. The number of hydrogen-bond donors (Lipinski definition) is 4. The average Bonchev–Trinajstić information content (AvgIpc) is 2.85. The van der Waals surface area contributed by atoms with E-state index in [9.17, 15) is 9.90 Å². The fourth-order valence-corrected chi connectivity index (χ4v) is 2.41. The van der Waals surface area contributed by atoms with Crippen LogP contribution in [0, 0.1) is 0 Å². The first-order valence-corrected chi connectivity index (χ1v) is 7.79. The van der Waals surface area contributed by atoms with Gasteiger partial charge in [0, 0.05) is 17.1 Å². The lowest BCUT2D eigenvalue weighted by Gasteiger charge is -2.19. The average molecular weight is 320 g/mol. The molecule has 1 aromatic heterocycles. The molecule has 1 heterocycles. The van der Waals surface area contributed by atoms with Crippen molar-refractivity contribution in [2.75, 3.05) is 13.2 Å². The first kappa shape index (κ1) is 17.3. The molecule has 0 saturated heterocycles. The molecule has 6 heteroatoms. The molecule has 1 atom stereocenters. The summed E-state index contributed by atoms with van der Waals surface area (Å²) < 4.78 is 5.78. The van der Waals surface area contributed by atoms with Gasteiger partial charge in [0.25, 0.3) is 0 Å². The minimum absolute atomic E-state index is 0.0658. The minimum atomic E-state index is -0.567. The number of primary amides is 1. The smallest absolute Gasteiger partial charge is 0.221 e. The van der Waals surface area contributed by atoms with Crippen molar-refractivity contribution >= 4 is 16.8 Å². The predicted octanol–water partition coefficient (Wildman–Crippen LogP) is 0.297. The number of aromatic nitrogens is 1. The van der Waals surface area contributed by atoms with Crippen molar-refractivity contribution in [2.24, 2.45) is 5.73 Å². The highest BCUT2D eigenvalue weighted by Gasteiger charge is 2.17. The molecular weight excluding hydrogens is 294 g/mol. The van der Waals surface area contributed by atoms with Crippen molar-refractivity contribution in [3.05, 3.63) is 30.0 Å². The summed E-state index contributed by atoms with van der Waals surface area (Å²) in [6, 6.07) is 5.62. The molecule has 0 unspecified atom stereocenters. The number of quaternary nitrogens is 1. The number of aliphatic hydroxyl groups is 1. The standard InChI is InChI=1S/C17H25N3O3/c1-17(2,3)20-9-12(21)10-23-14-6-4-5-13-16(14)11(8-19-13)7-15(18)22/h4-6,8,12,19-21H,7,9-10H2,1-3H3,(H2,18,22)/p+1/t12-/m1/s1. The van der Waals surface area contributed by atoms with Crippen LogP contribution in [0.15, 0.2) is 24.4 Å². The Morgan fingerprint density at radius 1 is 1.43 bits per heavy atom. The van der Waals surface area contributed by atoms with Crippen molar-refractivity contribution in [2.45, 2.75) is 38.8 Å². The molecular formula is C17H26N3O3+. The lowest BCUT2D eigenvalue weighted by atomic mass is 10.1. The summed E-state index contributed by atoms with van der Waals surface area (Å²) in [4.78, 5) is 14.3. The summed E-state index contributed by atoms with van der Waals surface area (Å²) in [7, 11) is 0. The van der Waals surface area contributed by atoms with Crippen molar-refractivity contribution in [3.63, 3.8) is 0 Å². The molecule has 6 N–H and O–H groups in total. The van der Waals surface area contributed by atoms with Crippen molar-refractivity contribution < 1.29 is 20.0 Å². The Labute approximate surface area is 136 Å². The molecule has 2 aromatic rings. The van der Waals surface area contributed by atoms with Crippen LogP contribution in [0.25, 0.3) is 10.9 Å². The van der Waals surface area contributed by atoms with E-state index < -0.39 is 6.10 Å². The minimum Gasteiger partial charge on any atom is -0.490 e. The van der Waals surface area contributed by atoms with E-state index in [4.69, 9.17) is 10.5 Å². The van der Waals surface area contributed by atoms with E-state index in [1.165, 1.54) is 0 Å². The third-order valence-electron chi connectivity index (χ3n) is 3.55. The fourth-order valence-electron chi connectivity index (χ4n) is 2.41. The van der Waals surface area contributed by atoms with Gasteiger partial charge >= 0.3 is 0 Å². The Kier molecular flexibility index (Phi) is 5.28. The summed E-state index contributed by atoms with van der Waals surface area (Å²) in [6.07, 6.45) is 1.36. The summed E-state index contributed by atoms with van der Waals surface area (Å²) >= 11 is 0. The van der Waals surface area contributed by atoms with Crippen LogP contribution < -0.4 is 15.8 Å². The molecule has 6 nitrogen and oxygen atoms in total. The highest BCUT2D eigenvalue weighted by Crippen LogP contribution is 2.29. The van der Waals surface area contributed by atoms with E-state index in [1.54, 1.807) is 6.20 Å². The number of H-pyrrole nitrogens is 1. The van der Waals surface area contributed by atoms with Crippen molar-refractivity contribution in [1.29, 1.82) is 0 Å². The maximum absolute atomic E-state index is 11.2. The monoisotopic (exact) mass is 320 g/mol. The first-order valence-electron chi connectivity index (χ1n) is 7.79. The van der Waals surface area contributed by atoms with Crippen LogP contribution in [0.3, 0.4) is 0 Å². The Morgan fingerprint density at radius 3 is 2.83 bits per heavy atom. The van der Waals surface area contributed by atoms with Crippen molar-refractivity contribution in [1.82, 2.24) is 4.98 Å². The maximum Gasteiger partial charge on any atom is 0.221 e. The van der Waals surface area contributed by atoms with E-state index in [2.05, 4.69) is 31.1 Å². The van der Waals surface area contributed by atoms with E-state index in [1.807, 2.05) is 18.2 Å². The quantitative estimate of drug-likeness (QED) is 0.589. The number of carbonyl (C=O) groups is 1. The second kappa shape index (κ2) is 7.02. The van der Waals surface area contributed by atoms with E-state index >= 15 is 0 Å². The molecule has 1 amide bonds. The summed E-state index contributed by atoms with van der Waals surface area (Å²) in [6.45, 7) is 7.05. The largest absolute Gasteiger partial charge is 0.490 e. The van der Waals surface area contributed by atoms with Gasteiger partial charge in [-0.1, -0.05) is 6.07 Å². The topological polar surface area (TPSA) is 105 Å². The fraction of sp³-hybridized carbons (Fsp3) is 0.471. The number of nitrogens with two attached hydrogens (primary N) is 2. The Balaban J connectivity index is 2.07. The van der Waals surface area contributed by atoms with Gasteiger partial charge in [-0.15, -0.1) is 0 Å². The number of benzene rings is 1. The molecule has 0 saturated carbocycles. The zero-order chi connectivity index (χ0) is 17.0. The highest BCUT2D eigenvalue weighted by molar-refractivity contribution is 5.92. The number of nitrogens with one attached hydrogen (secondary N) is 1. The van der Waals surface area contributed by atoms with Crippen LogP contribution in [-0.4, -0.2) is 40.8 Å². The Bertz CT molecular complexity index is 673. The Morgan fingerprint density at radius 2 is 2.17 bits per heavy atom. The van der Waals surface area contributed by atoms with Crippen LogP contribution in [0.1, 0.15) is 26.3 Å². The second-order valence-corrected chi connectivity index (χ2v) is 6.91. The van der Waals surface area contributed by atoms with Crippen LogP contribution in [-0.2, 0) is 11.2 Å². The highest BCUT2D eigenvalue weighted by atomic mass is 16.5. The van der Waals surface area contributed by atoms with Crippen LogP contribution in [0.4, 0.5) is 0 Å². The molecule has 0 fully saturated rings. The molecule has 0 aliphatic rings. The number of carbonyl (C=O) groups excluding carboxylic acids is 1. The molecule has 126 valence electrons. The van der Waals surface area contributed by atoms with Gasteiger partial charge in [-0.2, -0.15) is 0 Å². The molecule has 0 radical (unpaired) electrons. The van der Waals surface area contributed by atoms with E-state index in [0.717, 1.165) is 16.5 Å². The number of fused-ring (bicyclic) bond motifs is 1. The summed E-state index contributed by atoms with van der Waals surface area (Å²) in [5.41, 5.74) is 7.04. The number of rotatable bonds is 7. The molecule has 1 aromatic carbocycles. The predicted molar refractivity (Wildman–Crippen MR) is 89.2 cm³/mol. The van der Waals surface area contributed by atoms with Gasteiger partial charge in [-0.05, 0) is 38.5 Å². The third kappa shape index (κ3) is 4.97. The lowest BCUT2D eigenvalue weighted by Crippen LogP contribution is -2.96. The number of amides is 1. The first-order chi connectivity index (χ1) is 10.8. The molecule has 0 spiro atoms. The van der Waals surface area contributed by atoms with Crippen molar-refractivity contribution in [3.8, 4) is 5.75 Å². The second-order valence-electron chi connectivity index (χ2n) is 6.91. The van der Waals surface area contributed by atoms with Gasteiger partial charge in [-0.25, -0.2) is 0 Å². The van der Waals surface area contributed by atoms with Crippen LogP contribution >= 0.6 is 0 Å². The molecule has 2 rings (SSSR count). The number of aliphatic hydroxyl groups excluding tert-OH is 1. The van der Waals surface area contributed by atoms with Crippen LogP contribution in [0.2, 0.25) is 0 Å². The van der Waals surface area contributed by atoms with Crippen LogP contribution in [0.5, 0.6) is 5.75 Å². The van der Waals surface area contributed by atoms with E-state index in [0.29, 0.717) is 12.3 Å². The SMILES string of the molecule is CC(C)(C)[NH2+]C[C@@H](O)COc1cccc2[nH]cc(CC(N)=O)c12. The third-order valence-corrected chi connectivity index (χ3v) is 3.55.